The molecule has 88 valence electrons. The number of nitrogens with zero attached hydrogens (tertiary/aromatic N) is 2. The lowest BCUT2D eigenvalue weighted by molar-refractivity contribution is 0.101. The van der Waals surface area contributed by atoms with Crippen molar-refractivity contribution in [2.75, 3.05) is 18.0 Å². The Kier molecular flexibility index (Phi) is 4.96. The van der Waals surface area contributed by atoms with E-state index in [0.29, 0.717) is 5.69 Å². The number of hydrogen-bond donors (Lipinski definition) is 0. The number of ketones is 1. The van der Waals surface area contributed by atoms with E-state index in [0.717, 1.165) is 18.8 Å². The molecule has 1 aromatic heterocycles. The van der Waals surface area contributed by atoms with Crippen LogP contribution in [0.1, 0.15) is 44.1 Å². The van der Waals surface area contributed by atoms with Crippen LogP contribution in [0.5, 0.6) is 0 Å². The quantitative estimate of drug-likeness (QED) is 0.691. The van der Waals surface area contributed by atoms with Crippen molar-refractivity contribution in [2.45, 2.75) is 33.6 Å². The topological polar surface area (TPSA) is 33.2 Å². The smallest absolute Gasteiger partial charge is 0.178 e. The van der Waals surface area contributed by atoms with E-state index in [4.69, 9.17) is 0 Å². The normalized spacial score (nSPS) is 10.2. The number of anilines is 1. The lowest BCUT2D eigenvalue weighted by Crippen LogP contribution is -2.24. The molecule has 0 spiro atoms. The van der Waals surface area contributed by atoms with Crippen LogP contribution in [-0.2, 0) is 0 Å². The number of unbranched alkanes of at least 4 members (excludes halogenated alkanes) is 1. The third-order valence-corrected chi connectivity index (χ3v) is 2.64. The van der Waals surface area contributed by atoms with Crippen molar-refractivity contribution in [3.05, 3.63) is 24.0 Å². The predicted octanol–water partition coefficient (Wildman–Crippen LogP) is 2.91. The van der Waals surface area contributed by atoms with Gasteiger partial charge in [0.15, 0.2) is 5.78 Å². The molecule has 0 aromatic carbocycles. The fraction of sp³-hybridized carbons (Fsp3) is 0.538. The Balaban J connectivity index is 2.74. The van der Waals surface area contributed by atoms with Gasteiger partial charge in [-0.1, -0.05) is 13.3 Å². The second-order valence-corrected chi connectivity index (χ2v) is 3.89. The maximum atomic E-state index is 11.1. The van der Waals surface area contributed by atoms with Gasteiger partial charge in [0.1, 0.15) is 5.69 Å². The van der Waals surface area contributed by atoms with E-state index in [-0.39, 0.29) is 5.78 Å². The molecule has 0 atom stereocenters. The summed E-state index contributed by atoms with van der Waals surface area (Å²) in [5, 5.41) is 0. The highest BCUT2D eigenvalue weighted by molar-refractivity contribution is 5.92. The first-order valence-corrected chi connectivity index (χ1v) is 5.91. The zero-order chi connectivity index (χ0) is 12.0. The van der Waals surface area contributed by atoms with Gasteiger partial charge in [0.05, 0.1) is 11.9 Å². The Bertz CT molecular complexity index is 332. The maximum absolute atomic E-state index is 11.1. The van der Waals surface area contributed by atoms with Crippen molar-refractivity contribution in [1.29, 1.82) is 0 Å². The van der Waals surface area contributed by atoms with Crippen molar-refractivity contribution < 1.29 is 4.79 Å². The number of Topliss-reactive ketones (excluding diaryl/α,β-unsaturated/α-hetero) is 1. The third kappa shape index (κ3) is 3.33. The SMILES string of the molecule is CCCCN(CC)c1ccc(C(C)=O)nc1. The fourth-order valence-corrected chi connectivity index (χ4v) is 1.60. The van der Waals surface area contributed by atoms with Gasteiger partial charge in [0.2, 0.25) is 0 Å². The molecule has 16 heavy (non-hydrogen) atoms. The monoisotopic (exact) mass is 220 g/mol. The minimum Gasteiger partial charge on any atom is -0.371 e. The van der Waals surface area contributed by atoms with Gasteiger partial charge in [0.25, 0.3) is 0 Å². The lowest BCUT2D eigenvalue weighted by Gasteiger charge is -2.22. The van der Waals surface area contributed by atoms with Crippen LogP contribution in [0.3, 0.4) is 0 Å². The van der Waals surface area contributed by atoms with Crippen molar-refractivity contribution in [2.24, 2.45) is 0 Å². The lowest BCUT2D eigenvalue weighted by atomic mass is 10.2. The molecule has 0 unspecified atom stereocenters. The molecular weight excluding hydrogens is 200 g/mol. The first-order chi connectivity index (χ1) is 7.69. The summed E-state index contributed by atoms with van der Waals surface area (Å²) in [7, 11) is 0. The summed E-state index contributed by atoms with van der Waals surface area (Å²) >= 11 is 0. The van der Waals surface area contributed by atoms with Crippen LogP contribution in [0.15, 0.2) is 18.3 Å². The number of carbonyl (C=O) groups excluding carboxylic acids is 1. The standard InChI is InChI=1S/C13H20N2O/c1-4-6-9-15(5-2)12-7-8-13(11(3)16)14-10-12/h7-8,10H,4-6,9H2,1-3H3. The molecule has 3 nitrogen and oxygen atoms in total. The number of aromatic nitrogens is 1. The molecule has 1 aromatic rings. The Labute approximate surface area is 97.5 Å². The van der Waals surface area contributed by atoms with E-state index in [2.05, 4.69) is 23.7 Å². The Morgan fingerprint density at radius 1 is 1.38 bits per heavy atom. The van der Waals surface area contributed by atoms with E-state index >= 15 is 0 Å². The number of carbonyl (C=O) groups is 1. The van der Waals surface area contributed by atoms with Gasteiger partial charge in [-0.3, -0.25) is 9.78 Å². The highest BCUT2D eigenvalue weighted by atomic mass is 16.1. The largest absolute Gasteiger partial charge is 0.371 e. The third-order valence-electron chi connectivity index (χ3n) is 2.64. The summed E-state index contributed by atoms with van der Waals surface area (Å²) in [6.45, 7) is 7.88. The summed E-state index contributed by atoms with van der Waals surface area (Å²) < 4.78 is 0. The number of rotatable bonds is 6. The van der Waals surface area contributed by atoms with Crippen LogP contribution in [-0.4, -0.2) is 23.9 Å². The van der Waals surface area contributed by atoms with Gasteiger partial charge in [-0.2, -0.15) is 0 Å². The van der Waals surface area contributed by atoms with Crippen LogP contribution in [0, 0.1) is 0 Å². The van der Waals surface area contributed by atoms with Crippen LogP contribution in [0.2, 0.25) is 0 Å². The molecule has 0 radical (unpaired) electrons. The molecule has 0 aliphatic carbocycles. The van der Waals surface area contributed by atoms with Gasteiger partial charge < -0.3 is 4.90 Å². The minimum atomic E-state index is 0.0168. The van der Waals surface area contributed by atoms with Gasteiger partial charge in [-0.25, -0.2) is 0 Å². The zero-order valence-electron chi connectivity index (χ0n) is 10.4. The van der Waals surface area contributed by atoms with Gasteiger partial charge >= 0.3 is 0 Å². The average Bonchev–Trinajstić information content (AvgIpc) is 2.30. The van der Waals surface area contributed by atoms with Crippen LogP contribution < -0.4 is 4.90 Å². The van der Waals surface area contributed by atoms with Gasteiger partial charge in [-0.05, 0) is 25.5 Å². The van der Waals surface area contributed by atoms with Gasteiger partial charge in [0, 0.05) is 20.0 Å². The van der Waals surface area contributed by atoms with E-state index in [1.165, 1.54) is 19.8 Å². The van der Waals surface area contributed by atoms with Crippen LogP contribution in [0.4, 0.5) is 5.69 Å². The molecule has 0 N–H and O–H groups in total. The van der Waals surface area contributed by atoms with Crippen LogP contribution in [0.25, 0.3) is 0 Å². The summed E-state index contributed by atoms with van der Waals surface area (Å²) in [6, 6.07) is 3.77. The first-order valence-electron chi connectivity index (χ1n) is 5.91. The fourth-order valence-electron chi connectivity index (χ4n) is 1.60. The molecular formula is C13H20N2O. The maximum Gasteiger partial charge on any atom is 0.178 e. The molecule has 0 bridgehead atoms. The second-order valence-electron chi connectivity index (χ2n) is 3.89. The Morgan fingerprint density at radius 3 is 2.56 bits per heavy atom. The number of pyridine rings is 1. The summed E-state index contributed by atoms with van der Waals surface area (Å²) in [6.07, 6.45) is 4.16. The highest BCUT2D eigenvalue weighted by Gasteiger charge is 2.05. The zero-order valence-corrected chi connectivity index (χ0v) is 10.4. The molecule has 0 aliphatic heterocycles. The minimum absolute atomic E-state index is 0.0168. The van der Waals surface area contributed by atoms with Gasteiger partial charge in [-0.15, -0.1) is 0 Å². The predicted molar refractivity (Wildman–Crippen MR) is 67.0 cm³/mol. The first kappa shape index (κ1) is 12.7. The molecule has 1 heterocycles. The molecule has 0 saturated carbocycles. The molecule has 0 aliphatic rings. The molecule has 3 heteroatoms. The molecule has 1 rings (SSSR count). The molecule has 0 amide bonds. The van der Waals surface area contributed by atoms with E-state index in [1.807, 2.05) is 6.07 Å². The van der Waals surface area contributed by atoms with E-state index < -0.39 is 0 Å². The summed E-state index contributed by atoms with van der Waals surface area (Å²) in [5.74, 6) is 0.0168. The van der Waals surface area contributed by atoms with Crippen molar-refractivity contribution in [3.8, 4) is 0 Å². The van der Waals surface area contributed by atoms with E-state index in [9.17, 15) is 4.79 Å². The summed E-state index contributed by atoms with van der Waals surface area (Å²) in [5.41, 5.74) is 1.64. The Hall–Kier alpha value is -1.38. The highest BCUT2D eigenvalue weighted by Crippen LogP contribution is 2.13. The Morgan fingerprint density at radius 2 is 2.12 bits per heavy atom. The molecule has 0 fully saturated rings. The summed E-state index contributed by atoms with van der Waals surface area (Å²) in [4.78, 5) is 17.5. The number of hydrogen-bond acceptors (Lipinski definition) is 3. The second kappa shape index (κ2) is 6.26. The van der Waals surface area contributed by atoms with Crippen molar-refractivity contribution in [3.63, 3.8) is 0 Å². The van der Waals surface area contributed by atoms with Crippen molar-refractivity contribution in [1.82, 2.24) is 4.98 Å². The molecule has 0 saturated heterocycles. The van der Waals surface area contributed by atoms with E-state index in [1.54, 1.807) is 12.3 Å². The van der Waals surface area contributed by atoms with Crippen LogP contribution >= 0.6 is 0 Å². The average molecular weight is 220 g/mol. The van der Waals surface area contributed by atoms with Crippen molar-refractivity contribution >= 4 is 11.5 Å².